The molecule has 5 heteroatoms. The van der Waals surface area contributed by atoms with Crippen LogP contribution in [-0.4, -0.2) is 24.5 Å². The third kappa shape index (κ3) is 4.08. The summed E-state index contributed by atoms with van der Waals surface area (Å²) in [5.74, 6) is -0.576. The molecule has 92 valence electrons. The van der Waals surface area contributed by atoms with Gasteiger partial charge in [0.25, 0.3) is 6.29 Å². The second-order valence-corrected chi connectivity index (χ2v) is 4.26. The maximum Gasteiger partial charge on any atom is 0.511 e. The molecule has 0 N–H and O–H groups in total. The number of carbonyl (C=O) groups is 2. The number of carbonyl (C=O) groups excluding carboxylic acids is 2. The first kappa shape index (κ1) is 12.8. The van der Waals surface area contributed by atoms with Crippen molar-refractivity contribution in [2.24, 2.45) is 5.92 Å². The summed E-state index contributed by atoms with van der Waals surface area (Å²) in [5.41, 5.74) is 0. The third-order valence-corrected chi connectivity index (χ3v) is 2.35. The molecule has 16 heavy (non-hydrogen) atoms. The van der Waals surface area contributed by atoms with E-state index in [9.17, 15) is 9.59 Å². The summed E-state index contributed by atoms with van der Waals surface area (Å²) in [6.07, 6.45) is 1.19. The Morgan fingerprint density at radius 2 is 1.81 bits per heavy atom. The van der Waals surface area contributed by atoms with E-state index in [0.29, 0.717) is 0 Å². The van der Waals surface area contributed by atoms with Crippen molar-refractivity contribution in [1.29, 1.82) is 0 Å². The molecule has 0 amide bonds. The van der Waals surface area contributed by atoms with Crippen molar-refractivity contribution >= 4 is 12.1 Å². The standard InChI is InChI=1S/C11H18O5/c1-7(2)10(14-8(3)12)16-11(13)15-9-5-4-6-9/h7,9-10H,4-6H2,1-3H3. The fourth-order valence-electron chi connectivity index (χ4n) is 1.21. The Labute approximate surface area is 95.0 Å². The maximum absolute atomic E-state index is 11.3. The van der Waals surface area contributed by atoms with Crippen molar-refractivity contribution in [1.82, 2.24) is 0 Å². The van der Waals surface area contributed by atoms with Gasteiger partial charge in [-0.25, -0.2) is 4.79 Å². The zero-order chi connectivity index (χ0) is 12.1. The highest BCUT2D eigenvalue weighted by molar-refractivity contribution is 5.66. The van der Waals surface area contributed by atoms with E-state index in [2.05, 4.69) is 0 Å². The van der Waals surface area contributed by atoms with Gasteiger partial charge >= 0.3 is 12.1 Å². The molecule has 1 atom stereocenters. The van der Waals surface area contributed by atoms with Crippen molar-refractivity contribution in [2.75, 3.05) is 0 Å². The fourth-order valence-corrected chi connectivity index (χ4v) is 1.21. The smallest absolute Gasteiger partial charge is 0.431 e. The van der Waals surface area contributed by atoms with E-state index < -0.39 is 18.4 Å². The Bertz CT molecular complexity index is 257. The first-order chi connectivity index (χ1) is 7.49. The van der Waals surface area contributed by atoms with Gasteiger partial charge in [-0.2, -0.15) is 0 Å². The van der Waals surface area contributed by atoms with Gasteiger partial charge in [0, 0.05) is 12.8 Å². The molecule has 1 aliphatic carbocycles. The lowest BCUT2D eigenvalue weighted by molar-refractivity contribution is -0.178. The molecule has 1 fully saturated rings. The van der Waals surface area contributed by atoms with Gasteiger partial charge in [0.05, 0.1) is 0 Å². The first-order valence-corrected chi connectivity index (χ1v) is 5.53. The summed E-state index contributed by atoms with van der Waals surface area (Å²) in [6, 6.07) is 0. The highest BCUT2D eigenvalue weighted by Crippen LogP contribution is 2.23. The van der Waals surface area contributed by atoms with Crippen LogP contribution in [0.5, 0.6) is 0 Å². The fraction of sp³-hybridized carbons (Fsp3) is 0.818. The molecular formula is C11H18O5. The van der Waals surface area contributed by atoms with Gasteiger partial charge in [-0.1, -0.05) is 13.8 Å². The van der Waals surface area contributed by atoms with Crippen LogP contribution in [0, 0.1) is 5.92 Å². The normalized spacial score (nSPS) is 17.5. The van der Waals surface area contributed by atoms with Gasteiger partial charge in [0.1, 0.15) is 6.10 Å². The summed E-state index contributed by atoms with van der Waals surface area (Å²) in [5, 5.41) is 0. The van der Waals surface area contributed by atoms with Gasteiger partial charge in [0.15, 0.2) is 0 Å². The van der Waals surface area contributed by atoms with Crippen molar-refractivity contribution < 1.29 is 23.8 Å². The van der Waals surface area contributed by atoms with Crippen LogP contribution in [-0.2, 0) is 19.0 Å². The summed E-state index contributed by atoms with van der Waals surface area (Å²) < 4.78 is 14.8. The molecule has 0 aromatic carbocycles. The number of ether oxygens (including phenoxy) is 3. The van der Waals surface area contributed by atoms with E-state index >= 15 is 0 Å². The van der Waals surface area contributed by atoms with Crippen molar-refractivity contribution in [3.63, 3.8) is 0 Å². The van der Waals surface area contributed by atoms with E-state index in [-0.39, 0.29) is 12.0 Å². The second-order valence-electron chi connectivity index (χ2n) is 4.26. The lowest BCUT2D eigenvalue weighted by Gasteiger charge is -2.26. The molecule has 0 saturated heterocycles. The maximum atomic E-state index is 11.3. The molecule has 0 aromatic rings. The van der Waals surface area contributed by atoms with E-state index in [1.165, 1.54) is 6.92 Å². The van der Waals surface area contributed by atoms with E-state index in [1.807, 2.05) is 0 Å². The van der Waals surface area contributed by atoms with Crippen molar-refractivity contribution in [3.05, 3.63) is 0 Å². The summed E-state index contributed by atoms with van der Waals surface area (Å²) in [4.78, 5) is 22.1. The average Bonchev–Trinajstić information content (AvgIpc) is 2.09. The van der Waals surface area contributed by atoms with Crippen molar-refractivity contribution in [3.8, 4) is 0 Å². The zero-order valence-corrected chi connectivity index (χ0v) is 9.89. The summed E-state index contributed by atoms with van der Waals surface area (Å²) in [6.45, 7) is 4.87. The predicted molar refractivity (Wildman–Crippen MR) is 55.6 cm³/mol. The minimum Gasteiger partial charge on any atom is -0.431 e. The Morgan fingerprint density at radius 3 is 2.19 bits per heavy atom. The predicted octanol–water partition coefficient (Wildman–Crippen LogP) is 2.24. The molecule has 1 saturated carbocycles. The van der Waals surface area contributed by atoms with Gasteiger partial charge in [-0.05, 0) is 19.3 Å². The van der Waals surface area contributed by atoms with Crippen LogP contribution in [0.15, 0.2) is 0 Å². The van der Waals surface area contributed by atoms with Gasteiger partial charge in [-0.15, -0.1) is 0 Å². The molecular weight excluding hydrogens is 212 g/mol. The first-order valence-electron chi connectivity index (χ1n) is 5.53. The van der Waals surface area contributed by atoms with Gasteiger partial charge in [0.2, 0.25) is 0 Å². The highest BCUT2D eigenvalue weighted by atomic mass is 16.8. The van der Waals surface area contributed by atoms with E-state index in [4.69, 9.17) is 14.2 Å². The number of esters is 1. The number of hydrogen-bond acceptors (Lipinski definition) is 5. The van der Waals surface area contributed by atoms with Gasteiger partial charge in [-0.3, -0.25) is 4.79 Å². The zero-order valence-electron chi connectivity index (χ0n) is 9.89. The number of rotatable bonds is 4. The van der Waals surface area contributed by atoms with Crippen LogP contribution < -0.4 is 0 Å². The minimum absolute atomic E-state index is 0.0300. The molecule has 0 aliphatic heterocycles. The Balaban J connectivity index is 2.34. The molecule has 1 unspecified atom stereocenters. The Kier molecular flexibility index (Phi) is 4.58. The number of hydrogen-bond donors (Lipinski definition) is 0. The van der Waals surface area contributed by atoms with Crippen molar-refractivity contribution in [2.45, 2.75) is 52.4 Å². The molecule has 0 radical (unpaired) electrons. The molecule has 0 aromatic heterocycles. The van der Waals surface area contributed by atoms with Crippen LogP contribution in [0.2, 0.25) is 0 Å². The lowest BCUT2D eigenvalue weighted by atomic mass is 9.96. The summed E-state index contributed by atoms with van der Waals surface area (Å²) in [7, 11) is 0. The monoisotopic (exact) mass is 230 g/mol. The molecule has 0 spiro atoms. The average molecular weight is 230 g/mol. The summed E-state index contributed by atoms with van der Waals surface area (Å²) >= 11 is 0. The Morgan fingerprint density at radius 1 is 1.19 bits per heavy atom. The second kappa shape index (κ2) is 5.72. The molecule has 5 nitrogen and oxygen atoms in total. The van der Waals surface area contributed by atoms with Crippen LogP contribution in [0.3, 0.4) is 0 Å². The topological polar surface area (TPSA) is 61.8 Å². The largest absolute Gasteiger partial charge is 0.511 e. The third-order valence-electron chi connectivity index (χ3n) is 2.35. The highest BCUT2D eigenvalue weighted by Gasteiger charge is 2.26. The van der Waals surface area contributed by atoms with E-state index in [0.717, 1.165) is 19.3 Å². The minimum atomic E-state index is -0.870. The quantitative estimate of drug-likeness (QED) is 0.547. The van der Waals surface area contributed by atoms with E-state index in [1.54, 1.807) is 13.8 Å². The molecule has 1 rings (SSSR count). The van der Waals surface area contributed by atoms with Crippen LogP contribution in [0.25, 0.3) is 0 Å². The van der Waals surface area contributed by atoms with Crippen LogP contribution >= 0.6 is 0 Å². The molecule has 0 bridgehead atoms. The molecule has 0 heterocycles. The van der Waals surface area contributed by atoms with Gasteiger partial charge < -0.3 is 14.2 Å². The lowest BCUT2D eigenvalue weighted by Crippen LogP contribution is -2.32. The SMILES string of the molecule is CC(=O)OC(OC(=O)OC1CCC1)C(C)C. The Hall–Kier alpha value is -1.26. The molecule has 1 aliphatic rings. The van der Waals surface area contributed by atoms with Crippen LogP contribution in [0.1, 0.15) is 40.0 Å². The van der Waals surface area contributed by atoms with Crippen LogP contribution in [0.4, 0.5) is 4.79 Å².